The van der Waals surface area contributed by atoms with E-state index in [2.05, 4.69) is 82.5 Å². The highest BCUT2D eigenvalue weighted by molar-refractivity contribution is 5.85. The molecule has 1 aliphatic heterocycles. The van der Waals surface area contributed by atoms with Crippen molar-refractivity contribution in [2.75, 3.05) is 26.2 Å². The molecule has 1 aromatic heterocycles. The maximum Gasteiger partial charge on any atom is 0.151 e. The van der Waals surface area contributed by atoms with Gasteiger partial charge in [-0.15, -0.1) is 12.4 Å². The Kier molecular flexibility index (Phi) is 6.67. The molecule has 0 spiro atoms. The van der Waals surface area contributed by atoms with E-state index in [1.54, 1.807) is 0 Å². The van der Waals surface area contributed by atoms with Crippen LogP contribution in [0, 0.1) is 6.92 Å². The van der Waals surface area contributed by atoms with E-state index < -0.39 is 0 Å². The van der Waals surface area contributed by atoms with Gasteiger partial charge in [-0.2, -0.15) is 0 Å². The molecule has 27 heavy (non-hydrogen) atoms. The second-order valence-corrected chi connectivity index (χ2v) is 7.08. The summed E-state index contributed by atoms with van der Waals surface area (Å²) in [5, 5.41) is 4.24. The van der Waals surface area contributed by atoms with Crippen LogP contribution < -0.4 is 0 Å². The van der Waals surface area contributed by atoms with Gasteiger partial charge in [0.05, 0.1) is 6.54 Å². The number of aromatic nitrogens is 1. The zero-order valence-electron chi connectivity index (χ0n) is 15.7. The van der Waals surface area contributed by atoms with Crippen LogP contribution in [0.4, 0.5) is 0 Å². The average molecular weight is 384 g/mol. The molecule has 0 unspecified atom stereocenters. The number of aryl methyl sites for hydroxylation is 1. The smallest absolute Gasteiger partial charge is 0.151 e. The number of benzene rings is 2. The number of nitrogens with zero attached hydrogens (tertiary/aromatic N) is 3. The first-order chi connectivity index (χ1) is 12.8. The summed E-state index contributed by atoms with van der Waals surface area (Å²) >= 11 is 0. The monoisotopic (exact) mass is 383 g/mol. The van der Waals surface area contributed by atoms with E-state index in [9.17, 15) is 0 Å². The maximum absolute atomic E-state index is 5.57. The van der Waals surface area contributed by atoms with Crippen molar-refractivity contribution in [3.63, 3.8) is 0 Å². The Hall–Kier alpha value is -2.14. The standard InChI is InChI=1S/C22H25N3O.ClH/c1-18-7-9-20(10-8-18)22-15-21(26-23-22)17-25-13-11-24(12-14-25)16-19-5-3-2-4-6-19;/h2-10,15H,11-14,16-17H2,1H3;1H. The Morgan fingerprint density at radius 1 is 0.852 bits per heavy atom. The summed E-state index contributed by atoms with van der Waals surface area (Å²) in [6.07, 6.45) is 0. The molecule has 1 saturated heterocycles. The van der Waals surface area contributed by atoms with Crippen LogP contribution in [0.5, 0.6) is 0 Å². The fourth-order valence-electron chi connectivity index (χ4n) is 3.42. The lowest BCUT2D eigenvalue weighted by atomic mass is 10.1. The molecule has 0 bridgehead atoms. The van der Waals surface area contributed by atoms with Gasteiger partial charge in [0.25, 0.3) is 0 Å². The first-order valence-corrected chi connectivity index (χ1v) is 9.27. The van der Waals surface area contributed by atoms with Gasteiger partial charge in [0, 0.05) is 44.4 Å². The maximum atomic E-state index is 5.57. The van der Waals surface area contributed by atoms with E-state index in [0.29, 0.717) is 0 Å². The number of piperazine rings is 1. The van der Waals surface area contributed by atoms with Crippen LogP contribution >= 0.6 is 12.4 Å². The summed E-state index contributed by atoms with van der Waals surface area (Å²) in [6, 6.07) is 21.2. The molecule has 1 aliphatic rings. The summed E-state index contributed by atoms with van der Waals surface area (Å²) in [7, 11) is 0. The molecule has 4 nitrogen and oxygen atoms in total. The second kappa shape index (κ2) is 9.18. The minimum atomic E-state index is 0. The summed E-state index contributed by atoms with van der Waals surface area (Å²) < 4.78 is 5.57. The van der Waals surface area contributed by atoms with E-state index in [1.165, 1.54) is 11.1 Å². The van der Waals surface area contributed by atoms with E-state index in [-0.39, 0.29) is 12.4 Å². The molecule has 5 heteroatoms. The predicted octanol–water partition coefficient (Wildman–Crippen LogP) is 4.39. The Morgan fingerprint density at radius 3 is 2.15 bits per heavy atom. The van der Waals surface area contributed by atoms with Crippen molar-refractivity contribution >= 4 is 12.4 Å². The van der Waals surface area contributed by atoms with Gasteiger partial charge in [-0.25, -0.2) is 0 Å². The highest BCUT2D eigenvalue weighted by atomic mass is 35.5. The van der Waals surface area contributed by atoms with Crippen LogP contribution in [-0.4, -0.2) is 41.1 Å². The Bertz CT molecular complexity index is 824. The number of hydrogen-bond donors (Lipinski definition) is 0. The molecule has 3 aromatic rings. The molecule has 0 radical (unpaired) electrons. The Balaban J connectivity index is 0.00000210. The molecule has 2 heterocycles. The quantitative estimate of drug-likeness (QED) is 0.654. The Labute approximate surface area is 167 Å². The SMILES string of the molecule is Cc1ccc(-c2cc(CN3CCN(Cc4ccccc4)CC3)on2)cc1.Cl. The van der Waals surface area contributed by atoms with Crippen molar-refractivity contribution in [2.24, 2.45) is 0 Å². The van der Waals surface area contributed by atoms with Crippen molar-refractivity contribution in [3.05, 3.63) is 77.6 Å². The largest absolute Gasteiger partial charge is 0.359 e. The third-order valence-corrected chi connectivity index (χ3v) is 5.00. The van der Waals surface area contributed by atoms with Crippen LogP contribution in [0.2, 0.25) is 0 Å². The molecular formula is C22H26ClN3O. The van der Waals surface area contributed by atoms with Crippen LogP contribution in [0.3, 0.4) is 0 Å². The molecule has 0 amide bonds. The number of rotatable bonds is 5. The fourth-order valence-corrected chi connectivity index (χ4v) is 3.42. The molecule has 2 aromatic carbocycles. The van der Waals surface area contributed by atoms with Gasteiger partial charge in [-0.05, 0) is 12.5 Å². The Morgan fingerprint density at radius 2 is 1.48 bits per heavy atom. The van der Waals surface area contributed by atoms with Gasteiger partial charge < -0.3 is 4.52 Å². The topological polar surface area (TPSA) is 32.5 Å². The van der Waals surface area contributed by atoms with Gasteiger partial charge in [0.2, 0.25) is 0 Å². The van der Waals surface area contributed by atoms with Crippen molar-refractivity contribution < 1.29 is 4.52 Å². The van der Waals surface area contributed by atoms with Gasteiger partial charge in [-0.3, -0.25) is 9.80 Å². The molecule has 142 valence electrons. The molecule has 1 fully saturated rings. The summed E-state index contributed by atoms with van der Waals surface area (Å²) in [4.78, 5) is 4.96. The molecule has 0 aliphatic carbocycles. The average Bonchev–Trinajstić information content (AvgIpc) is 3.13. The lowest BCUT2D eigenvalue weighted by molar-refractivity contribution is 0.114. The van der Waals surface area contributed by atoms with Crippen LogP contribution in [0.25, 0.3) is 11.3 Å². The van der Waals surface area contributed by atoms with Gasteiger partial charge >= 0.3 is 0 Å². The number of halogens is 1. The van der Waals surface area contributed by atoms with E-state index in [0.717, 1.165) is 56.3 Å². The van der Waals surface area contributed by atoms with Crippen LogP contribution in [0.1, 0.15) is 16.9 Å². The van der Waals surface area contributed by atoms with Crippen LogP contribution in [-0.2, 0) is 13.1 Å². The second-order valence-electron chi connectivity index (χ2n) is 7.08. The normalized spacial score (nSPS) is 15.4. The highest BCUT2D eigenvalue weighted by Gasteiger charge is 2.18. The van der Waals surface area contributed by atoms with E-state index in [4.69, 9.17) is 4.52 Å². The van der Waals surface area contributed by atoms with Crippen molar-refractivity contribution in [1.29, 1.82) is 0 Å². The van der Waals surface area contributed by atoms with Crippen LogP contribution in [0.15, 0.2) is 65.2 Å². The first-order valence-electron chi connectivity index (χ1n) is 9.27. The fraction of sp³-hybridized carbons (Fsp3) is 0.318. The van der Waals surface area contributed by atoms with Crippen molar-refractivity contribution in [2.45, 2.75) is 20.0 Å². The minimum Gasteiger partial charge on any atom is -0.359 e. The molecule has 4 rings (SSSR count). The lowest BCUT2D eigenvalue weighted by Crippen LogP contribution is -2.45. The molecule has 0 N–H and O–H groups in total. The lowest BCUT2D eigenvalue weighted by Gasteiger charge is -2.34. The first kappa shape index (κ1) is 19.6. The van der Waals surface area contributed by atoms with Gasteiger partial charge in [-0.1, -0.05) is 65.3 Å². The highest BCUT2D eigenvalue weighted by Crippen LogP contribution is 2.21. The van der Waals surface area contributed by atoms with E-state index in [1.807, 2.05) is 0 Å². The minimum absolute atomic E-state index is 0. The summed E-state index contributed by atoms with van der Waals surface area (Å²) in [6.45, 7) is 8.27. The zero-order valence-corrected chi connectivity index (χ0v) is 16.5. The molecular weight excluding hydrogens is 358 g/mol. The van der Waals surface area contributed by atoms with E-state index >= 15 is 0 Å². The summed E-state index contributed by atoms with van der Waals surface area (Å²) in [5.74, 6) is 0.942. The van der Waals surface area contributed by atoms with Crippen molar-refractivity contribution in [1.82, 2.24) is 15.0 Å². The third kappa shape index (κ3) is 5.19. The summed E-state index contributed by atoms with van der Waals surface area (Å²) in [5.41, 5.74) is 4.67. The number of hydrogen-bond acceptors (Lipinski definition) is 4. The van der Waals surface area contributed by atoms with Gasteiger partial charge in [0.1, 0.15) is 5.69 Å². The van der Waals surface area contributed by atoms with Crippen molar-refractivity contribution in [3.8, 4) is 11.3 Å². The predicted molar refractivity (Wildman–Crippen MR) is 111 cm³/mol. The molecule has 0 atom stereocenters. The van der Waals surface area contributed by atoms with Gasteiger partial charge in [0.15, 0.2) is 5.76 Å². The third-order valence-electron chi connectivity index (χ3n) is 5.00. The molecule has 0 saturated carbocycles. The zero-order chi connectivity index (χ0) is 17.8.